The highest BCUT2D eigenvalue weighted by molar-refractivity contribution is 6.36. The van der Waals surface area contributed by atoms with Crippen LogP contribution in [0.2, 0.25) is 10.0 Å². The molecule has 21 heavy (non-hydrogen) atoms. The SMILES string of the molecule is COc1cccc(CNC(=O)Nc2ccc(Cl)cc2Cl)c1. The Morgan fingerprint density at radius 3 is 2.71 bits per heavy atom. The summed E-state index contributed by atoms with van der Waals surface area (Å²) in [5.74, 6) is 0.746. The number of nitrogens with one attached hydrogen (secondary N) is 2. The number of carbonyl (C=O) groups excluding carboxylic acids is 1. The van der Waals surface area contributed by atoms with Crippen LogP contribution in [0.25, 0.3) is 0 Å². The first kappa shape index (κ1) is 15.5. The number of methoxy groups -OCH3 is 1. The highest BCUT2D eigenvalue weighted by Crippen LogP contribution is 2.25. The topological polar surface area (TPSA) is 50.4 Å². The van der Waals surface area contributed by atoms with Gasteiger partial charge in [-0.25, -0.2) is 4.79 Å². The Kier molecular flexibility index (Phi) is 5.31. The van der Waals surface area contributed by atoms with Gasteiger partial charge in [-0.2, -0.15) is 0 Å². The summed E-state index contributed by atoms with van der Waals surface area (Å²) in [6.45, 7) is 0.383. The second-order valence-electron chi connectivity index (χ2n) is 4.28. The van der Waals surface area contributed by atoms with Crippen molar-refractivity contribution in [3.8, 4) is 5.75 Å². The van der Waals surface area contributed by atoms with Crippen molar-refractivity contribution in [2.24, 2.45) is 0 Å². The summed E-state index contributed by atoms with van der Waals surface area (Å²) < 4.78 is 5.13. The minimum absolute atomic E-state index is 0.345. The van der Waals surface area contributed by atoms with Gasteiger partial charge < -0.3 is 15.4 Å². The average molecular weight is 325 g/mol. The van der Waals surface area contributed by atoms with Crippen LogP contribution in [0.4, 0.5) is 10.5 Å². The lowest BCUT2D eigenvalue weighted by molar-refractivity contribution is 0.251. The molecule has 0 aliphatic heterocycles. The number of carbonyl (C=O) groups is 1. The zero-order valence-electron chi connectivity index (χ0n) is 11.3. The Balaban J connectivity index is 1.92. The normalized spacial score (nSPS) is 10.0. The number of benzene rings is 2. The molecule has 2 aromatic rings. The van der Waals surface area contributed by atoms with Crippen LogP contribution in [0, 0.1) is 0 Å². The van der Waals surface area contributed by atoms with Crippen molar-refractivity contribution in [1.82, 2.24) is 5.32 Å². The molecule has 2 N–H and O–H groups in total. The maximum absolute atomic E-state index is 11.8. The molecular weight excluding hydrogens is 311 g/mol. The summed E-state index contributed by atoms with van der Waals surface area (Å²) in [5, 5.41) is 6.31. The van der Waals surface area contributed by atoms with Crippen molar-refractivity contribution >= 4 is 34.9 Å². The third-order valence-electron chi connectivity index (χ3n) is 2.77. The highest BCUT2D eigenvalue weighted by atomic mass is 35.5. The Labute approximate surface area is 133 Å². The Bertz CT molecular complexity index is 647. The molecule has 0 bridgehead atoms. The quantitative estimate of drug-likeness (QED) is 0.879. The number of ether oxygens (including phenoxy) is 1. The number of hydrogen-bond donors (Lipinski definition) is 2. The molecule has 0 aromatic heterocycles. The Morgan fingerprint density at radius 1 is 1.19 bits per heavy atom. The van der Waals surface area contributed by atoms with Crippen molar-refractivity contribution < 1.29 is 9.53 Å². The van der Waals surface area contributed by atoms with Crippen LogP contribution >= 0.6 is 23.2 Å². The standard InChI is InChI=1S/C15H14Cl2N2O2/c1-21-12-4-2-3-10(7-12)9-18-15(20)19-14-6-5-11(16)8-13(14)17/h2-8H,9H2,1H3,(H2,18,19,20). The maximum atomic E-state index is 11.8. The van der Waals surface area contributed by atoms with Gasteiger partial charge in [0.1, 0.15) is 5.75 Å². The van der Waals surface area contributed by atoms with Crippen LogP contribution in [-0.4, -0.2) is 13.1 Å². The molecule has 0 saturated heterocycles. The van der Waals surface area contributed by atoms with Gasteiger partial charge in [-0.3, -0.25) is 0 Å². The fraction of sp³-hybridized carbons (Fsp3) is 0.133. The van der Waals surface area contributed by atoms with Crippen LogP contribution in [0.1, 0.15) is 5.56 Å². The van der Waals surface area contributed by atoms with Crippen molar-refractivity contribution in [2.45, 2.75) is 6.54 Å². The summed E-state index contributed by atoms with van der Waals surface area (Å²) in [5.41, 5.74) is 1.44. The molecule has 0 spiro atoms. The zero-order valence-corrected chi connectivity index (χ0v) is 12.8. The summed E-state index contributed by atoms with van der Waals surface area (Å²) in [7, 11) is 1.60. The van der Waals surface area contributed by atoms with E-state index in [1.54, 1.807) is 25.3 Å². The molecule has 0 saturated carbocycles. The van der Waals surface area contributed by atoms with Crippen LogP contribution in [0.3, 0.4) is 0 Å². The van der Waals surface area contributed by atoms with Crippen molar-refractivity contribution in [2.75, 3.05) is 12.4 Å². The second-order valence-corrected chi connectivity index (χ2v) is 5.13. The number of halogens is 2. The predicted octanol–water partition coefficient (Wildman–Crippen LogP) is 4.32. The number of rotatable bonds is 4. The number of amides is 2. The number of anilines is 1. The van der Waals surface area contributed by atoms with E-state index in [1.165, 1.54) is 0 Å². The van der Waals surface area contributed by atoms with Crippen LogP contribution in [0.15, 0.2) is 42.5 Å². The zero-order chi connectivity index (χ0) is 15.2. The first-order valence-corrected chi connectivity index (χ1v) is 6.97. The predicted molar refractivity (Wildman–Crippen MR) is 85.3 cm³/mol. The molecule has 0 atom stereocenters. The summed E-state index contributed by atoms with van der Waals surface area (Å²) in [6.07, 6.45) is 0. The van der Waals surface area contributed by atoms with Crippen molar-refractivity contribution in [3.05, 3.63) is 58.1 Å². The van der Waals surface area contributed by atoms with E-state index in [0.29, 0.717) is 22.3 Å². The van der Waals surface area contributed by atoms with E-state index in [4.69, 9.17) is 27.9 Å². The van der Waals surface area contributed by atoms with E-state index < -0.39 is 0 Å². The molecule has 0 heterocycles. The van der Waals surface area contributed by atoms with Gasteiger partial charge >= 0.3 is 6.03 Å². The van der Waals surface area contributed by atoms with Gasteiger partial charge in [0.2, 0.25) is 0 Å². The molecule has 0 aliphatic rings. The molecule has 2 aromatic carbocycles. The lowest BCUT2D eigenvalue weighted by Gasteiger charge is -2.10. The van der Waals surface area contributed by atoms with Crippen LogP contribution in [-0.2, 0) is 6.54 Å². The van der Waals surface area contributed by atoms with Gasteiger partial charge in [0.15, 0.2) is 0 Å². The van der Waals surface area contributed by atoms with E-state index in [0.717, 1.165) is 11.3 Å². The van der Waals surface area contributed by atoms with E-state index in [1.807, 2.05) is 24.3 Å². The number of urea groups is 1. The van der Waals surface area contributed by atoms with Gasteiger partial charge in [-0.05, 0) is 35.9 Å². The lowest BCUT2D eigenvalue weighted by Crippen LogP contribution is -2.28. The molecule has 0 radical (unpaired) electrons. The third kappa shape index (κ3) is 4.55. The molecule has 4 nitrogen and oxygen atoms in total. The van der Waals surface area contributed by atoms with Crippen molar-refractivity contribution in [3.63, 3.8) is 0 Å². The second kappa shape index (κ2) is 7.20. The van der Waals surface area contributed by atoms with Gasteiger partial charge in [-0.1, -0.05) is 35.3 Å². The van der Waals surface area contributed by atoms with E-state index in [2.05, 4.69) is 10.6 Å². The van der Waals surface area contributed by atoms with Crippen molar-refractivity contribution in [1.29, 1.82) is 0 Å². The monoisotopic (exact) mass is 324 g/mol. The van der Waals surface area contributed by atoms with E-state index >= 15 is 0 Å². The Hall–Kier alpha value is -1.91. The molecule has 2 rings (SSSR count). The fourth-order valence-corrected chi connectivity index (χ4v) is 2.18. The van der Waals surface area contributed by atoms with Gasteiger partial charge in [0, 0.05) is 11.6 Å². The average Bonchev–Trinajstić information content (AvgIpc) is 2.48. The first-order chi connectivity index (χ1) is 10.1. The van der Waals surface area contributed by atoms with E-state index in [9.17, 15) is 4.79 Å². The van der Waals surface area contributed by atoms with E-state index in [-0.39, 0.29) is 6.03 Å². The Morgan fingerprint density at radius 2 is 2.00 bits per heavy atom. The number of hydrogen-bond acceptors (Lipinski definition) is 2. The third-order valence-corrected chi connectivity index (χ3v) is 3.31. The first-order valence-electron chi connectivity index (χ1n) is 6.21. The molecule has 0 aliphatic carbocycles. The molecule has 110 valence electrons. The molecule has 6 heteroatoms. The highest BCUT2D eigenvalue weighted by Gasteiger charge is 2.06. The smallest absolute Gasteiger partial charge is 0.319 e. The van der Waals surface area contributed by atoms with Crippen LogP contribution < -0.4 is 15.4 Å². The molecule has 0 unspecified atom stereocenters. The lowest BCUT2D eigenvalue weighted by atomic mass is 10.2. The van der Waals surface area contributed by atoms with Gasteiger partial charge in [0.25, 0.3) is 0 Å². The minimum atomic E-state index is -0.345. The van der Waals surface area contributed by atoms with Gasteiger partial charge in [-0.15, -0.1) is 0 Å². The molecule has 2 amide bonds. The minimum Gasteiger partial charge on any atom is -0.497 e. The molecular formula is C15H14Cl2N2O2. The van der Waals surface area contributed by atoms with Crippen LogP contribution in [0.5, 0.6) is 5.75 Å². The maximum Gasteiger partial charge on any atom is 0.319 e. The molecule has 0 fully saturated rings. The van der Waals surface area contributed by atoms with Gasteiger partial charge in [0.05, 0.1) is 17.8 Å². The summed E-state index contributed by atoms with van der Waals surface area (Å²) in [6, 6.07) is 12.0. The summed E-state index contributed by atoms with van der Waals surface area (Å²) >= 11 is 11.8. The largest absolute Gasteiger partial charge is 0.497 e. The fourth-order valence-electron chi connectivity index (χ4n) is 1.72. The summed E-state index contributed by atoms with van der Waals surface area (Å²) in [4.78, 5) is 11.8.